The van der Waals surface area contributed by atoms with E-state index in [-0.39, 0.29) is 5.82 Å². The van der Waals surface area contributed by atoms with E-state index in [1.165, 1.54) is 12.1 Å². The Labute approximate surface area is 76.6 Å². The Balaban J connectivity index is 2.86. The molecule has 1 rings (SSSR count). The Morgan fingerprint density at radius 3 is 2.92 bits per heavy atom. The number of nitrogens with zero attached hydrogens (tertiary/aromatic N) is 1. The van der Waals surface area contributed by atoms with Crippen molar-refractivity contribution in [3.05, 3.63) is 35.6 Å². The highest BCUT2D eigenvalue weighted by molar-refractivity contribution is 5.22. The van der Waals surface area contributed by atoms with Crippen LogP contribution in [0, 0.1) is 17.1 Å². The summed E-state index contributed by atoms with van der Waals surface area (Å²) in [6, 6.07) is 7.84. The molecule has 0 radical (unpaired) electrons. The van der Waals surface area contributed by atoms with Crippen molar-refractivity contribution in [3.63, 3.8) is 0 Å². The summed E-state index contributed by atoms with van der Waals surface area (Å²) in [5, 5.41) is 8.70. The van der Waals surface area contributed by atoms with E-state index in [9.17, 15) is 4.39 Å². The fraction of sp³-hybridized carbons (Fsp3) is 0.300. The number of nitriles is 1. The molecule has 1 atom stereocenters. The lowest BCUT2D eigenvalue weighted by Gasteiger charge is -2.08. The lowest BCUT2D eigenvalue weighted by molar-refractivity contribution is 0.102. The van der Waals surface area contributed by atoms with Gasteiger partial charge >= 0.3 is 0 Å². The van der Waals surface area contributed by atoms with Crippen molar-refractivity contribution in [2.75, 3.05) is 6.61 Å². The van der Waals surface area contributed by atoms with E-state index in [1.807, 2.05) is 6.07 Å². The fourth-order valence-electron chi connectivity index (χ4n) is 1.04. The smallest absolute Gasteiger partial charge is 0.169 e. The average Bonchev–Trinajstić information content (AvgIpc) is 2.14. The van der Waals surface area contributed by atoms with Gasteiger partial charge in [0.15, 0.2) is 6.10 Å². The predicted octanol–water partition coefficient (Wildman–Crippen LogP) is 2.43. The van der Waals surface area contributed by atoms with E-state index in [2.05, 4.69) is 0 Å². The minimum atomic E-state index is -0.666. The molecule has 0 aromatic heterocycles. The molecule has 1 unspecified atom stereocenters. The number of hydrogen-bond donors (Lipinski definition) is 0. The van der Waals surface area contributed by atoms with Crippen LogP contribution in [-0.4, -0.2) is 6.61 Å². The molecule has 3 heteroatoms. The SMILES string of the molecule is CCOC(C#N)c1cccc(F)c1. The number of rotatable bonds is 3. The van der Waals surface area contributed by atoms with Crippen LogP contribution in [0.15, 0.2) is 24.3 Å². The Kier molecular flexibility index (Phi) is 3.41. The van der Waals surface area contributed by atoms with Gasteiger partial charge < -0.3 is 4.74 Å². The summed E-state index contributed by atoms with van der Waals surface area (Å²) in [5.74, 6) is -0.350. The van der Waals surface area contributed by atoms with E-state index in [4.69, 9.17) is 10.00 Å². The van der Waals surface area contributed by atoms with Crippen molar-refractivity contribution in [2.45, 2.75) is 13.0 Å². The summed E-state index contributed by atoms with van der Waals surface area (Å²) < 4.78 is 17.8. The zero-order valence-electron chi connectivity index (χ0n) is 7.33. The summed E-state index contributed by atoms with van der Waals surface area (Å²) in [4.78, 5) is 0. The standard InChI is InChI=1S/C10H10FNO/c1-2-13-10(7-12)8-4-3-5-9(11)6-8/h3-6,10H,2H2,1H3. The van der Waals surface area contributed by atoms with Gasteiger partial charge in [-0.1, -0.05) is 12.1 Å². The van der Waals surface area contributed by atoms with Crippen molar-refractivity contribution in [1.82, 2.24) is 0 Å². The third-order valence-corrected chi connectivity index (χ3v) is 1.60. The molecule has 0 N–H and O–H groups in total. The predicted molar refractivity (Wildman–Crippen MR) is 46.4 cm³/mol. The average molecular weight is 179 g/mol. The topological polar surface area (TPSA) is 33.0 Å². The van der Waals surface area contributed by atoms with Crippen molar-refractivity contribution in [3.8, 4) is 6.07 Å². The summed E-state index contributed by atoms with van der Waals surface area (Å²) in [6.45, 7) is 2.23. The fourth-order valence-corrected chi connectivity index (χ4v) is 1.04. The van der Waals surface area contributed by atoms with Gasteiger partial charge in [-0.2, -0.15) is 5.26 Å². The molecule has 68 valence electrons. The van der Waals surface area contributed by atoms with Gasteiger partial charge in [0.1, 0.15) is 5.82 Å². The summed E-state index contributed by atoms with van der Waals surface area (Å²) in [7, 11) is 0. The second kappa shape index (κ2) is 4.58. The van der Waals surface area contributed by atoms with E-state index in [1.54, 1.807) is 19.1 Å². The minimum Gasteiger partial charge on any atom is -0.359 e. The highest BCUT2D eigenvalue weighted by Gasteiger charge is 2.09. The highest BCUT2D eigenvalue weighted by Crippen LogP contribution is 2.16. The minimum absolute atomic E-state index is 0.350. The molecule has 0 saturated heterocycles. The molecule has 0 saturated carbocycles. The molecule has 0 bridgehead atoms. The van der Waals surface area contributed by atoms with E-state index < -0.39 is 6.10 Å². The summed E-state index contributed by atoms with van der Waals surface area (Å²) in [6.07, 6.45) is -0.666. The zero-order valence-corrected chi connectivity index (χ0v) is 7.33. The Morgan fingerprint density at radius 2 is 2.38 bits per heavy atom. The maximum Gasteiger partial charge on any atom is 0.169 e. The lowest BCUT2D eigenvalue weighted by atomic mass is 10.1. The number of hydrogen-bond acceptors (Lipinski definition) is 2. The van der Waals surface area contributed by atoms with E-state index >= 15 is 0 Å². The molecule has 1 aromatic carbocycles. The molecule has 2 nitrogen and oxygen atoms in total. The van der Waals surface area contributed by atoms with Crippen LogP contribution in [0.5, 0.6) is 0 Å². The quantitative estimate of drug-likeness (QED) is 0.713. The van der Waals surface area contributed by atoms with Crippen molar-refractivity contribution in [1.29, 1.82) is 5.26 Å². The van der Waals surface area contributed by atoms with Crippen LogP contribution in [0.25, 0.3) is 0 Å². The van der Waals surface area contributed by atoms with Gasteiger partial charge in [0.25, 0.3) is 0 Å². The second-order valence-electron chi connectivity index (χ2n) is 2.52. The molecule has 0 amide bonds. The van der Waals surface area contributed by atoms with Gasteiger partial charge in [-0.15, -0.1) is 0 Å². The normalized spacial score (nSPS) is 12.1. The third kappa shape index (κ3) is 2.53. The Bertz CT molecular complexity index is 319. The molecule has 0 aliphatic rings. The molecule has 1 aromatic rings. The van der Waals surface area contributed by atoms with Crippen LogP contribution in [0.3, 0.4) is 0 Å². The third-order valence-electron chi connectivity index (χ3n) is 1.60. The molecule has 0 aliphatic heterocycles. The van der Waals surface area contributed by atoms with Crippen LogP contribution in [0.2, 0.25) is 0 Å². The molecule has 0 spiro atoms. The van der Waals surface area contributed by atoms with E-state index in [0.29, 0.717) is 12.2 Å². The van der Waals surface area contributed by atoms with Gasteiger partial charge in [0, 0.05) is 6.61 Å². The maximum atomic E-state index is 12.7. The largest absolute Gasteiger partial charge is 0.359 e. The van der Waals surface area contributed by atoms with Crippen LogP contribution in [-0.2, 0) is 4.74 Å². The van der Waals surface area contributed by atoms with Gasteiger partial charge in [-0.3, -0.25) is 0 Å². The van der Waals surface area contributed by atoms with Crippen LogP contribution < -0.4 is 0 Å². The van der Waals surface area contributed by atoms with Crippen LogP contribution in [0.4, 0.5) is 4.39 Å². The molecular formula is C10H10FNO. The second-order valence-corrected chi connectivity index (χ2v) is 2.52. The molecule has 0 fully saturated rings. The maximum absolute atomic E-state index is 12.7. The van der Waals surface area contributed by atoms with Crippen LogP contribution in [0.1, 0.15) is 18.6 Å². The Hall–Kier alpha value is -1.40. The number of halogens is 1. The number of ether oxygens (including phenoxy) is 1. The first kappa shape index (κ1) is 9.69. The zero-order chi connectivity index (χ0) is 9.68. The molecule has 0 aliphatic carbocycles. The summed E-state index contributed by atoms with van der Waals surface area (Å²) >= 11 is 0. The molecule has 13 heavy (non-hydrogen) atoms. The van der Waals surface area contributed by atoms with Gasteiger partial charge in [-0.25, -0.2) is 4.39 Å². The molecule has 0 heterocycles. The first-order chi connectivity index (χ1) is 6.27. The van der Waals surface area contributed by atoms with Gasteiger partial charge in [0.2, 0.25) is 0 Å². The molecular weight excluding hydrogens is 169 g/mol. The van der Waals surface area contributed by atoms with E-state index in [0.717, 1.165) is 0 Å². The van der Waals surface area contributed by atoms with Crippen molar-refractivity contribution in [2.24, 2.45) is 0 Å². The number of benzene rings is 1. The summed E-state index contributed by atoms with van der Waals surface area (Å²) in [5.41, 5.74) is 0.560. The van der Waals surface area contributed by atoms with Crippen LogP contribution >= 0.6 is 0 Å². The van der Waals surface area contributed by atoms with Crippen molar-refractivity contribution >= 4 is 0 Å². The van der Waals surface area contributed by atoms with Gasteiger partial charge in [-0.05, 0) is 24.6 Å². The Morgan fingerprint density at radius 1 is 1.62 bits per heavy atom. The first-order valence-corrected chi connectivity index (χ1v) is 4.04. The first-order valence-electron chi connectivity index (χ1n) is 4.04. The van der Waals surface area contributed by atoms with Gasteiger partial charge in [0.05, 0.1) is 6.07 Å². The monoisotopic (exact) mass is 179 g/mol. The lowest BCUT2D eigenvalue weighted by Crippen LogP contribution is -2.01. The van der Waals surface area contributed by atoms with Crippen molar-refractivity contribution < 1.29 is 9.13 Å². The highest BCUT2D eigenvalue weighted by atomic mass is 19.1.